The van der Waals surface area contributed by atoms with Crippen molar-refractivity contribution >= 4 is 17.9 Å². The highest BCUT2D eigenvalue weighted by Gasteiger charge is 2.24. The maximum absolute atomic E-state index is 12.9. The van der Waals surface area contributed by atoms with Crippen molar-refractivity contribution in [3.8, 4) is 0 Å². The SMILES string of the molecule is CCCN1CC(=CC=Cc2ccccc2)C(=O)C(=CC=Cc2ccccc2)C1. The molecule has 2 heteroatoms. The van der Waals surface area contributed by atoms with E-state index in [1.54, 1.807) is 0 Å². The molecule has 1 saturated heterocycles. The monoisotopic (exact) mass is 369 g/mol. The number of benzene rings is 2. The zero-order chi connectivity index (χ0) is 19.6. The summed E-state index contributed by atoms with van der Waals surface area (Å²) in [4.78, 5) is 15.3. The highest BCUT2D eigenvalue weighted by atomic mass is 16.1. The Hall–Kier alpha value is -2.97. The van der Waals surface area contributed by atoms with Crippen molar-refractivity contribution < 1.29 is 4.79 Å². The topological polar surface area (TPSA) is 20.3 Å². The van der Waals surface area contributed by atoms with E-state index in [0.29, 0.717) is 13.1 Å². The summed E-state index contributed by atoms with van der Waals surface area (Å²) >= 11 is 0. The molecule has 1 aliphatic rings. The van der Waals surface area contributed by atoms with Crippen molar-refractivity contribution in [1.82, 2.24) is 4.90 Å². The first kappa shape index (κ1) is 19.8. The molecule has 0 spiro atoms. The molecule has 0 N–H and O–H groups in total. The third-order valence-electron chi connectivity index (χ3n) is 4.68. The Morgan fingerprint density at radius 1 is 0.786 bits per heavy atom. The Balaban J connectivity index is 1.77. The molecule has 1 heterocycles. The quantitative estimate of drug-likeness (QED) is 0.621. The van der Waals surface area contributed by atoms with Crippen molar-refractivity contribution in [2.75, 3.05) is 19.6 Å². The largest absolute Gasteiger partial charge is 0.295 e. The van der Waals surface area contributed by atoms with Crippen LogP contribution in [0.15, 0.2) is 96.1 Å². The minimum Gasteiger partial charge on any atom is -0.295 e. The van der Waals surface area contributed by atoms with E-state index in [0.717, 1.165) is 35.2 Å². The van der Waals surface area contributed by atoms with Crippen LogP contribution in [0, 0.1) is 0 Å². The van der Waals surface area contributed by atoms with Crippen LogP contribution in [0.25, 0.3) is 12.2 Å². The molecule has 0 unspecified atom stereocenters. The molecule has 1 fully saturated rings. The minimum absolute atomic E-state index is 0.155. The summed E-state index contributed by atoms with van der Waals surface area (Å²) in [5, 5.41) is 0. The number of hydrogen-bond donors (Lipinski definition) is 0. The van der Waals surface area contributed by atoms with E-state index in [-0.39, 0.29) is 5.78 Å². The van der Waals surface area contributed by atoms with Crippen LogP contribution in [0.3, 0.4) is 0 Å². The maximum atomic E-state index is 12.9. The van der Waals surface area contributed by atoms with Crippen LogP contribution in [-0.4, -0.2) is 30.3 Å². The van der Waals surface area contributed by atoms with Gasteiger partial charge in [-0.25, -0.2) is 0 Å². The second-order valence-electron chi connectivity index (χ2n) is 6.96. The predicted molar refractivity (Wildman–Crippen MR) is 119 cm³/mol. The lowest BCUT2D eigenvalue weighted by molar-refractivity contribution is -0.113. The lowest BCUT2D eigenvalue weighted by atomic mass is 9.96. The lowest BCUT2D eigenvalue weighted by Gasteiger charge is -2.29. The predicted octanol–water partition coefficient (Wildman–Crippen LogP) is 5.56. The average Bonchev–Trinajstić information content (AvgIpc) is 2.73. The number of allylic oxidation sites excluding steroid dienone is 4. The molecule has 2 aromatic carbocycles. The number of rotatable bonds is 6. The molecule has 0 aromatic heterocycles. The fraction of sp³-hybridized carbons (Fsp3) is 0.192. The molecule has 0 aliphatic carbocycles. The van der Waals surface area contributed by atoms with E-state index in [9.17, 15) is 4.79 Å². The first-order valence-corrected chi connectivity index (χ1v) is 9.88. The molecule has 2 nitrogen and oxygen atoms in total. The highest BCUT2D eigenvalue weighted by Crippen LogP contribution is 2.18. The average molecular weight is 370 g/mol. The van der Waals surface area contributed by atoms with Crippen LogP contribution < -0.4 is 0 Å². The highest BCUT2D eigenvalue weighted by molar-refractivity contribution is 6.10. The molecule has 142 valence electrons. The molecule has 0 saturated carbocycles. The van der Waals surface area contributed by atoms with Crippen LogP contribution >= 0.6 is 0 Å². The summed E-state index contributed by atoms with van der Waals surface area (Å²) in [5.74, 6) is 0.155. The second kappa shape index (κ2) is 10.4. The van der Waals surface area contributed by atoms with Crippen molar-refractivity contribution in [3.05, 3.63) is 107 Å². The van der Waals surface area contributed by atoms with Crippen molar-refractivity contribution in [2.45, 2.75) is 13.3 Å². The molecule has 1 aliphatic heterocycles. The summed E-state index contributed by atoms with van der Waals surface area (Å²) in [6.45, 7) is 4.59. The second-order valence-corrected chi connectivity index (χ2v) is 6.96. The summed E-state index contributed by atoms with van der Waals surface area (Å²) < 4.78 is 0. The molecular formula is C26H27NO. The fourth-order valence-electron chi connectivity index (χ4n) is 3.30. The first-order chi connectivity index (χ1) is 13.8. The van der Waals surface area contributed by atoms with Crippen molar-refractivity contribution in [2.24, 2.45) is 0 Å². The zero-order valence-electron chi connectivity index (χ0n) is 16.4. The van der Waals surface area contributed by atoms with Gasteiger partial charge in [0.2, 0.25) is 0 Å². The van der Waals surface area contributed by atoms with E-state index in [1.165, 1.54) is 0 Å². The van der Waals surface area contributed by atoms with E-state index in [4.69, 9.17) is 0 Å². The third kappa shape index (κ3) is 5.77. The van der Waals surface area contributed by atoms with E-state index >= 15 is 0 Å². The van der Waals surface area contributed by atoms with Crippen LogP contribution in [0.5, 0.6) is 0 Å². The van der Waals surface area contributed by atoms with E-state index in [2.05, 4.69) is 36.1 Å². The fourth-order valence-corrected chi connectivity index (χ4v) is 3.30. The van der Waals surface area contributed by atoms with Gasteiger partial charge >= 0.3 is 0 Å². The third-order valence-corrected chi connectivity index (χ3v) is 4.68. The number of Topliss-reactive ketones (excluding diaryl/α,β-unsaturated/α-hetero) is 1. The smallest absolute Gasteiger partial charge is 0.187 e. The Kier molecular flexibility index (Phi) is 7.34. The first-order valence-electron chi connectivity index (χ1n) is 9.88. The Morgan fingerprint density at radius 3 is 1.68 bits per heavy atom. The van der Waals surface area contributed by atoms with Gasteiger partial charge in [-0.15, -0.1) is 0 Å². The van der Waals surface area contributed by atoms with Gasteiger partial charge in [0, 0.05) is 24.2 Å². The van der Waals surface area contributed by atoms with Crippen LogP contribution in [0.2, 0.25) is 0 Å². The van der Waals surface area contributed by atoms with E-state index in [1.807, 2.05) is 72.9 Å². The Labute approximate surface area is 168 Å². The van der Waals surface area contributed by atoms with Gasteiger partial charge in [-0.05, 0) is 24.1 Å². The van der Waals surface area contributed by atoms with Gasteiger partial charge in [0.25, 0.3) is 0 Å². The lowest BCUT2D eigenvalue weighted by Crippen LogP contribution is -2.38. The molecular weight excluding hydrogens is 342 g/mol. The number of ketones is 1. The standard InChI is InChI=1S/C26H27NO/c1-2-19-27-20-24(17-9-15-22-11-5-3-6-12-22)26(28)25(21-27)18-10-16-23-13-7-4-8-14-23/h3-18H,2,19-21H2,1H3. The Morgan fingerprint density at radius 2 is 1.25 bits per heavy atom. The summed E-state index contributed by atoms with van der Waals surface area (Å²) in [5.41, 5.74) is 3.97. The summed E-state index contributed by atoms with van der Waals surface area (Å²) in [6.07, 6.45) is 13.0. The van der Waals surface area contributed by atoms with Gasteiger partial charge < -0.3 is 0 Å². The number of piperidine rings is 1. The zero-order valence-corrected chi connectivity index (χ0v) is 16.4. The van der Waals surface area contributed by atoms with Gasteiger partial charge in [0.05, 0.1) is 0 Å². The van der Waals surface area contributed by atoms with Gasteiger partial charge in [-0.3, -0.25) is 9.69 Å². The maximum Gasteiger partial charge on any atom is 0.187 e. The van der Waals surface area contributed by atoms with Gasteiger partial charge in [0.15, 0.2) is 5.78 Å². The molecule has 0 bridgehead atoms. The number of nitrogens with zero attached hydrogens (tertiary/aromatic N) is 1. The molecule has 0 atom stereocenters. The van der Waals surface area contributed by atoms with Gasteiger partial charge in [0.1, 0.15) is 0 Å². The van der Waals surface area contributed by atoms with Crippen LogP contribution in [0.4, 0.5) is 0 Å². The minimum atomic E-state index is 0.155. The van der Waals surface area contributed by atoms with E-state index < -0.39 is 0 Å². The number of hydrogen-bond acceptors (Lipinski definition) is 2. The van der Waals surface area contributed by atoms with Crippen molar-refractivity contribution in [1.29, 1.82) is 0 Å². The summed E-state index contributed by atoms with van der Waals surface area (Å²) in [6, 6.07) is 20.3. The van der Waals surface area contributed by atoms with Crippen molar-refractivity contribution in [3.63, 3.8) is 0 Å². The van der Waals surface area contributed by atoms with Crippen LogP contribution in [0.1, 0.15) is 24.5 Å². The number of carbonyl (C=O) groups is 1. The number of carbonyl (C=O) groups excluding carboxylic acids is 1. The van der Waals surface area contributed by atoms with Gasteiger partial charge in [-0.2, -0.15) is 0 Å². The number of likely N-dealkylation sites (tertiary alicyclic amines) is 1. The molecule has 0 radical (unpaired) electrons. The van der Waals surface area contributed by atoms with Gasteiger partial charge in [-0.1, -0.05) is 104 Å². The summed E-state index contributed by atoms with van der Waals surface area (Å²) in [7, 11) is 0. The molecule has 0 amide bonds. The normalized spacial score (nSPS) is 18.7. The molecule has 3 rings (SSSR count). The Bertz CT molecular complexity index is 817. The van der Waals surface area contributed by atoms with Crippen LogP contribution in [-0.2, 0) is 4.79 Å². The molecule has 2 aromatic rings. The molecule has 28 heavy (non-hydrogen) atoms.